The highest BCUT2D eigenvalue weighted by Crippen LogP contribution is 2.49. The lowest BCUT2D eigenvalue weighted by Crippen LogP contribution is -2.26. The molecule has 0 amide bonds. The quantitative estimate of drug-likeness (QED) is 0.361. The Bertz CT molecular complexity index is 1320. The van der Waals surface area contributed by atoms with Gasteiger partial charge in [-0.3, -0.25) is 0 Å². The van der Waals surface area contributed by atoms with Gasteiger partial charge in [0.2, 0.25) is 0 Å². The predicted molar refractivity (Wildman–Crippen MR) is 142 cm³/mol. The second kappa shape index (κ2) is 10.3. The summed E-state index contributed by atoms with van der Waals surface area (Å²) >= 11 is 0. The fourth-order valence-corrected chi connectivity index (χ4v) is 7.10. The first kappa shape index (κ1) is 24.5. The van der Waals surface area contributed by atoms with Crippen molar-refractivity contribution in [1.29, 1.82) is 0 Å². The summed E-state index contributed by atoms with van der Waals surface area (Å²) in [4.78, 5) is 0. The van der Waals surface area contributed by atoms with Gasteiger partial charge in [0.15, 0.2) is 0 Å². The van der Waals surface area contributed by atoms with Crippen molar-refractivity contribution in [3.63, 3.8) is 0 Å². The first-order valence-corrected chi connectivity index (χ1v) is 12.4. The zero-order valence-electron chi connectivity index (χ0n) is 20.7. The lowest BCUT2D eigenvalue weighted by atomic mass is 10.0. The summed E-state index contributed by atoms with van der Waals surface area (Å²) in [5, 5.41) is 15.8. The SMILES string of the molecule is COc1cc(OC)c(P(c2ccc3cccc(C)c3c2O)c2c(OC)cccc2OC)c(OC)c1. The monoisotopic (exact) mass is 492 g/mol. The van der Waals surface area contributed by atoms with Crippen LogP contribution in [0.5, 0.6) is 34.5 Å². The third kappa shape index (κ3) is 4.30. The van der Waals surface area contributed by atoms with Gasteiger partial charge in [-0.1, -0.05) is 30.3 Å². The molecule has 4 aromatic rings. The van der Waals surface area contributed by atoms with E-state index in [2.05, 4.69) is 0 Å². The van der Waals surface area contributed by atoms with E-state index in [0.717, 1.165) is 32.2 Å². The first-order chi connectivity index (χ1) is 17.0. The van der Waals surface area contributed by atoms with E-state index in [0.29, 0.717) is 28.7 Å². The van der Waals surface area contributed by atoms with Gasteiger partial charge in [-0.2, -0.15) is 0 Å². The zero-order chi connectivity index (χ0) is 25.1. The molecule has 0 bridgehead atoms. The Morgan fingerprint density at radius 2 is 1.17 bits per heavy atom. The molecule has 182 valence electrons. The molecule has 0 saturated carbocycles. The highest BCUT2D eigenvalue weighted by atomic mass is 31.1. The fourth-order valence-electron chi connectivity index (χ4n) is 4.32. The molecule has 35 heavy (non-hydrogen) atoms. The van der Waals surface area contributed by atoms with E-state index < -0.39 is 7.92 Å². The first-order valence-electron chi connectivity index (χ1n) is 11.0. The van der Waals surface area contributed by atoms with Crippen molar-refractivity contribution in [3.05, 3.63) is 66.2 Å². The van der Waals surface area contributed by atoms with Crippen LogP contribution in [0, 0.1) is 6.92 Å². The van der Waals surface area contributed by atoms with Crippen molar-refractivity contribution in [2.45, 2.75) is 6.92 Å². The second-order valence-electron chi connectivity index (χ2n) is 7.83. The Balaban J connectivity index is 2.17. The molecule has 1 unspecified atom stereocenters. The van der Waals surface area contributed by atoms with E-state index in [4.69, 9.17) is 23.7 Å². The fraction of sp³-hybridized carbons (Fsp3) is 0.214. The van der Waals surface area contributed by atoms with E-state index in [1.165, 1.54) is 0 Å². The number of ether oxygens (including phenoxy) is 5. The molecule has 0 aliphatic carbocycles. The minimum absolute atomic E-state index is 0.208. The summed E-state index contributed by atoms with van der Waals surface area (Å²) in [6.07, 6.45) is 0. The largest absolute Gasteiger partial charge is 0.507 e. The van der Waals surface area contributed by atoms with Gasteiger partial charge in [0.1, 0.15) is 34.5 Å². The summed E-state index contributed by atoms with van der Waals surface area (Å²) in [5.41, 5.74) is 0.984. The normalized spacial score (nSPS) is 11.7. The van der Waals surface area contributed by atoms with Gasteiger partial charge >= 0.3 is 0 Å². The molecule has 4 rings (SSSR count). The average Bonchev–Trinajstić information content (AvgIpc) is 2.89. The summed E-state index contributed by atoms with van der Waals surface area (Å²) in [6.45, 7) is 1.99. The molecular weight excluding hydrogens is 463 g/mol. The van der Waals surface area contributed by atoms with E-state index in [9.17, 15) is 5.11 Å². The van der Waals surface area contributed by atoms with Crippen molar-refractivity contribution in [2.24, 2.45) is 0 Å². The highest BCUT2D eigenvalue weighted by Gasteiger charge is 2.33. The molecule has 0 aliphatic rings. The van der Waals surface area contributed by atoms with Crippen LogP contribution in [-0.4, -0.2) is 40.7 Å². The molecule has 0 fully saturated rings. The Hall–Kier alpha value is -3.63. The third-order valence-electron chi connectivity index (χ3n) is 5.98. The van der Waals surface area contributed by atoms with Crippen LogP contribution in [0.3, 0.4) is 0 Å². The Labute approximate surface area is 206 Å². The number of hydrogen-bond donors (Lipinski definition) is 1. The molecule has 0 aliphatic heterocycles. The maximum absolute atomic E-state index is 11.7. The van der Waals surface area contributed by atoms with Crippen molar-refractivity contribution >= 4 is 34.6 Å². The van der Waals surface area contributed by atoms with Crippen LogP contribution >= 0.6 is 7.92 Å². The third-order valence-corrected chi connectivity index (χ3v) is 8.60. The molecule has 6 nitrogen and oxygen atoms in total. The standard InChI is InChI=1S/C28H29O6P/c1-17-9-7-10-18-13-14-24(26(29)25(17)18)35(27-20(31-3)11-8-12-21(27)32-4)28-22(33-5)15-19(30-2)16-23(28)34-6/h7-16,29H,1-6H3. The Morgan fingerprint density at radius 3 is 1.71 bits per heavy atom. The summed E-state index contributed by atoms with van der Waals surface area (Å²) in [7, 11) is 6.57. The zero-order valence-corrected chi connectivity index (χ0v) is 21.6. The van der Waals surface area contributed by atoms with Crippen LogP contribution in [0.2, 0.25) is 0 Å². The topological polar surface area (TPSA) is 66.4 Å². The molecule has 7 heteroatoms. The minimum Gasteiger partial charge on any atom is -0.507 e. The van der Waals surface area contributed by atoms with Gasteiger partial charge in [-0.25, -0.2) is 0 Å². The van der Waals surface area contributed by atoms with E-state index in [1.807, 2.05) is 67.6 Å². The number of fused-ring (bicyclic) bond motifs is 1. The van der Waals surface area contributed by atoms with Gasteiger partial charge in [-0.15, -0.1) is 0 Å². The van der Waals surface area contributed by atoms with Crippen LogP contribution in [0.1, 0.15) is 5.56 Å². The maximum Gasteiger partial charge on any atom is 0.134 e. The van der Waals surface area contributed by atoms with Crippen LogP contribution < -0.4 is 39.6 Å². The van der Waals surface area contributed by atoms with E-state index >= 15 is 0 Å². The van der Waals surface area contributed by atoms with E-state index in [1.54, 1.807) is 35.5 Å². The second-order valence-corrected chi connectivity index (χ2v) is 9.88. The van der Waals surface area contributed by atoms with Gasteiger partial charge < -0.3 is 28.8 Å². The van der Waals surface area contributed by atoms with Crippen LogP contribution in [-0.2, 0) is 0 Å². The molecule has 0 radical (unpaired) electrons. The molecule has 4 aromatic carbocycles. The van der Waals surface area contributed by atoms with Crippen molar-refractivity contribution in [3.8, 4) is 34.5 Å². The number of rotatable bonds is 8. The molecule has 1 N–H and O–H groups in total. The molecular formula is C28H29O6P. The Kier molecular flexibility index (Phi) is 7.23. The summed E-state index contributed by atoms with van der Waals surface area (Å²) in [6, 6.07) is 19.2. The lowest BCUT2D eigenvalue weighted by Gasteiger charge is -2.27. The smallest absolute Gasteiger partial charge is 0.134 e. The Morgan fingerprint density at radius 1 is 0.629 bits per heavy atom. The summed E-state index contributed by atoms with van der Waals surface area (Å²) in [5.74, 6) is 3.23. The molecule has 0 saturated heterocycles. The number of methoxy groups -OCH3 is 5. The van der Waals surface area contributed by atoms with Crippen LogP contribution in [0.4, 0.5) is 0 Å². The van der Waals surface area contributed by atoms with Gasteiger partial charge in [0, 0.05) is 30.7 Å². The van der Waals surface area contributed by atoms with Gasteiger partial charge in [0.25, 0.3) is 0 Å². The molecule has 1 atom stereocenters. The van der Waals surface area contributed by atoms with Gasteiger partial charge in [-0.05, 0) is 36.1 Å². The molecule has 0 heterocycles. The number of hydrogen-bond acceptors (Lipinski definition) is 6. The van der Waals surface area contributed by atoms with Crippen LogP contribution in [0.15, 0.2) is 60.7 Å². The number of phenols is 1. The average molecular weight is 493 g/mol. The minimum atomic E-state index is -1.48. The predicted octanol–water partition coefficient (Wildman–Crippen LogP) is 4.66. The maximum atomic E-state index is 11.7. The molecule has 0 spiro atoms. The summed E-state index contributed by atoms with van der Waals surface area (Å²) < 4.78 is 28.8. The molecule has 0 aromatic heterocycles. The lowest BCUT2D eigenvalue weighted by molar-refractivity contribution is 0.380. The number of benzene rings is 4. The van der Waals surface area contributed by atoms with Crippen LogP contribution in [0.25, 0.3) is 10.8 Å². The number of phenolic OH excluding ortho intramolecular Hbond substituents is 1. The van der Waals surface area contributed by atoms with E-state index in [-0.39, 0.29) is 5.75 Å². The van der Waals surface area contributed by atoms with Gasteiger partial charge in [0.05, 0.1) is 46.2 Å². The number of aryl methyl sites for hydroxylation is 1. The van der Waals surface area contributed by atoms with Crippen molar-refractivity contribution in [1.82, 2.24) is 0 Å². The van der Waals surface area contributed by atoms with Crippen molar-refractivity contribution < 1.29 is 28.8 Å². The highest BCUT2D eigenvalue weighted by molar-refractivity contribution is 7.80. The van der Waals surface area contributed by atoms with Crippen molar-refractivity contribution in [2.75, 3.05) is 35.5 Å². The number of aromatic hydroxyl groups is 1.